The summed E-state index contributed by atoms with van der Waals surface area (Å²) in [6, 6.07) is 10.1. The Balaban J connectivity index is 1.32. The van der Waals surface area contributed by atoms with Gasteiger partial charge in [-0.2, -0.15) is 5.10 Å². The Morgan fingerprint density at radius 2 is 1.79 bits per heavy atom. The monoisotopic (exact) mass is 395 g/mol. The summed E-state index contributed by atoms with van der Waals surface area (Å²) in [6.07, 6.45) is 6.03. The molecule has 0 bridgehead atoms. The highest BCUT2D eigenvalue weighted by atomic mass is 16.2. The first-order valence-corrected chi connectivity index (χ1v) is 10.5. The Kier molecular flexibility index (Phi) is 5.83. The highest BCUT2D eigenvalue weighted by molar-refractivity contribution is 5.79. The van der Waals surface area contributed by atoms with Crippen LogP contribution in [0.2, 0.25) is 0 Å². The molecule has 2 aliphatic heterocycles. The smallest absolute Gasteiger partial charge is 0.268 e. The van der Waals surface area contributed by atoms with Gasteiger partial charge in [0.2, 0.25) is 5.91 Å². The molecular weight excluding hydrogens is 366 g/mol. The van der Waals surface area contributed by atoms with Gasteiger partial charge in [-0.3, -0.25) is 9.59 Å². The molecule has 0 aliphatic carbocycles. The molecule has 2 fully saturated rings. The van der Waals surface area contributed by atoms with E-state index in [9.17, 15) is 9.59 Å². The summed E-state index contributed by atoms with van der Waals surface area (Å²) in [6.45, 7) is 4.28. The second-order valence-electron chi connectivity index (χ2n) is 8.04. The lowest BCUT2D eigenvalue weighted by Crippen LogP contribution is -2.43. The maximum absolute atomic E-state index is 12.7. The number of rotatable bonds is 5. The first kappa shape index (κ1) is 19.5. The minimum Gasteiger partial charge on any atom is -0.372 e. The number of nitrogens with one attached hydrogen (secondary N) is 1. The third-order valence-electron chi connectivity index (χ3n) is 5.99. The van der Waals surface area contributed by atoms with Gasteiger partial charge in [0.15, 0.2) is 0 Å². The zero-order chi connectivity index (χ0) is 20.2. The number of carbonyl (C=O) groups excluding carboxylic acids is 1. The van der Waals surface area contributed by atoms with Crippen LogP contribution in [0.25, 0.3) is 0 Å². The van der Waals surface area contributed by atoms with E-state index in [1.165, 1.54) is 23.2 Å². The molecule has 1 amide bonds. The quantitative estimate of drug-likeness (QED) is 0.838. The summed E-state index contributed by atoms with van der Waals surface area (Å²) in [5, 5.41) is 7.18. The van der Waals surface area contributed by atoms with Crippen LogP contribution in [0.5, 0.6) is 0 Å². The van der Waals surface area contributed by atoms with Crippen LogP contribution in [0.15, 0.2) is 41.3 Å². The molecule has 1 atom stereocenters. The number of anilines is 2. The molecule has 2 aliphatic rings. The van der Waals surface area contributed by atoms with Gasteiger partial charge in [0.25, 0.3) is 5.56 Å². The molecule has 2 aromatic rings. The number of nitrogens with zero attached hydrogens (tertiary/aromatic N) is 4. The number of piperidine rings is 1. The van der Waals surface area contributed by atoms with E-state index < -0.39 is 0 Å². The minimum absolute atomic E-state index is 0.0725. The highest BCUT2D eigenvalue weighted by Gasteiger charge is 2.26. The topological polar surface area (TPSA) is 70.5 Å². The van der Waals surface area contributed by atoms with Gasteiger partial charge in [0.05, 0.1) is 17.8 Å². The average Bonchev–Trinajstić information content (AvgIpc) is 3.29. The SMILES string of the molecule is Cn1ncc(N2CCC[C@@H](C(=O)NCc3ccc(N4CCCC4)cc3)C2)cc1=O. The van der Waals surface area contributed by atoms with E-state index >= 15 is 0 Å². The molecule has 7 nitrogen and oxygen atoms in total. The predicted molar refractivity (Wildman–Crippen MR) is 114 cm³/mol. The molecule has 4 rings (SSSR count). The van der Waals surface area contributed by atoms with Gasteiger partial charge in [0, 0.05) is 51.5 Å². The number of hydrogen-bond donors (Lipinski definition) is 1. The lowest BCUT2D eigenvalue weighted by Gasteiger charge is -2.33. The van der Waals surface area contributed by atoms with Crippen LogP contribution < -0.4 is 20.7 Å². The third-order valence-corrected chi connectivity index (χ3v) is 5.99. The third kappa shape index (κ3) is 4.60. The Morgan fingerprint density at radius 3 is 2.52 bits per heavy atom. The molecular formula is C22H29N5O2. The largest absolute Gasteiger partial charge is 0.372 e. The van der Waals surface area contributed by atoms with Crippen LogP contribution in [0, 0.1) is 5.92 Å². The second kappa shape index (κ2) is 8.68. The van der Waals surface area contributed by atoms with Crippen molar-refractivity contribution < 1.29 is 4.79 Å². The molecule has 0 spiro atoms. The number of benzene rings is 1. The molecule has 7 heteroatoms. The van der Waals surface area contributed by atoms with Gasteiger partial charge in [-0.05, 0) is 43.4 Å². The van der Waals surface area contributed by atoms with E-state index in [0.717, 1.165) is 43.7 Å². The zero-order valence-corrected chi connectivity index (χ0v) is 17.0. The maximum Gasteiger partial charge on any atom is 0.268 e. The van der Waals surface area contributed by atoms with E-state index in [0.29, 0.717) is 13.1 Å². The predicted octanol–water partition coefficient (Wildman–Crippen LogP) is 1.91. The standard InChI is InChI=1S/C22H29N5O2/c1-25-21(28)13-20(15-24-25)27-12-4-5-18(16-27)22(29)23-14-17-6-8-19(9-7-17)26-10-2-3-11-26/h6-9,13,15,18H,2-5,10-12,14,16H2,1H3,(H,23,29)/t18-/m1/s1. The summed E-state index contributed by atoms with van der Waals surface area (Å²) in [4.78, 5) is 29.1. The van der Waals surface area contributed by atoms with Crippen molar-refractivity contribution in [2.45, 2.75) is 32.2 Å². The summed E-state index contributed by atoms with van der Waals surface area (Å²) < 4.78 is 1.31. The molecule has 29 heavy (non-hydrogen) atoms. The van der Waals surface area contributed by atoms with E-state index in [-0.39, 0.29) is 17.4 Å². The van der Waals surface area contributed by atoms with Crippen LogP contribution in [0.1, 0.15) is 31.2 Å². The van der Waals surface area contributed by atoms with Crippen molar-refractivity contribution in [3.8, 4) is 0 Å². The van der Waals surface area contributed by atoms with Crippen LogP contribution in [0.3, 0.4) is 0 Å². The minimum atomic E-state index is -0.133. The summed E-state index contributed by atoms with van der Waals surface area (Å²) >= 11 is 0. The van der Waals surface area contributed by atoms with Gasteiger partial charge in [-0.15, -0.1) is 0 Å². The average molecular weight is 396 g/mol. The van der Waals surface area contributed by atoms with E-state index in [2.05, 4.69) is 44.5 Å². The molecule has 0 saturated carbocycles. The lowest BCUT2D eigenvalue weighted by molar-refractivity contribution is -0.125. The molecule has 0 radical (unpaired) electrons. The summed E-state index contributed by atoms with van der Waals surface area (Å²) in [7, 11) is 1.64. The molecule has 1 aromatic heterocycles. The molecule has 0 unspecified atom stereocenters. The van der Waals surface area contributed by atoms with Crippen molar-refractivity contribution in [2.75, 3.05) is 36.0 Å². The number of carbonyl (C=O) groups is 1. The number of aryl methyl sites for hydroxylation is 1. The maximum atomic E-state index is 12.7. The molecule has 3 heterocycles. The molecule has 1 aromatic carbocycles. The second-order valence-corrected chi connectivity index (χ2v) is 8.04. The number of hydrogen-bond acceptors (Lipinski definition) is 5. The molecule has 2 saturated heterocycles. The van der Waals surface area contributed by atoms with Gasteiger partial charge in [0.1, 0.15) is 0 Å². The fourth-order valence-corrected chi connectivity index (χ4v) is 4.19. The van der Waals surface area contributed by atoms with E-state index in [4.69, 9.17) is 0 Å². The van der Waals surface area contributed by atoms with Crippen LogP contribution >= 0.6 is 0 Å². The van der Waals surface area contributed by atoms with Crippen molar-refractivity contribution in [3.63, 3.8) is 0 Å². The van der Waals surface area contributed by atoms with Gasteiger partial charge in [-0.25, -0.2) is 4.68 Å². The normalized spacial score (nSPS) is 19.4. The Bertz CT molecular complexity index is 902. The summed E-state index contributed by atoms with van der Waals surface area (Å²) in [5.74, 6) is 0.00629. The van der Waals surface area contributed by atoms with Crippen molar-refractivity contribution in [3.05, 3.63) is 52.4 Å². The molecule has 154 valence electrons. The number of amides is 1. The van der Waals surface area contributed by atoms with Crippen LogP contribution in [-0.2, 0) is 18.4 Å². The van der Waals surface area contributed by atoms with Gasteiger partial charge >= 0.3 is 0 Å². The Hall–Kier alpha value is -2.83. The zero-order valence-electron chi connectivity index (χ0n) is 17.0. The van der Waals surface area contributed by atoms with Crippen molar-refractivity contribution in [1.82, 2.24) is 15.1 Å². The van der Waals surface area contributed by atoms with Crippen molar-refractivity contribution in [1.29, 1.82) is 0 Å². The lowest BCUT2D eigenvalue weighted by atomic mass is 9.96. The fourth-order valence-electron chi connectivity index (χ4n) is 4.19. The van der Waals surface area contributed by atoms with E-state index in [1.807, 2.05) is 0 Å². The van der Waals surface area contributed by atoms with Gasteiger partial charge in [-0.1, -0.05) is 12.1 Å². The first-order chi connectivity index (χ1) is 14.1. The van der Waals surface area contributed by atoms with Crippen molar-refractivity contribution in [2.24, 2.45) is 13.0 Å². The first-order valence-electron chi connectivity index (χ1n) is 10.5. The Morgan fingerprint density at radius 1 is 1.07 bits per heavy atom. The van der Waals surface area contributed by atoms with Crippen molar-refractivity contribution >= 4 is 17.3 Å². The number of aromatic nitrogens is 2. The summed E-state index contributed by atoms with van der Waals surface area (Å²) in [5.41, 5.74) is 3.04. The fraction of sp³-hybridized carbons (Fsp3) is 0.500. The van der Waals surface area contributed by atoms with Gasteiger partial charge < -0.3 is 15.1 Å². The Labute approximate surface area is 171 Å². The van der Waals surface area contributed by atoms with Crippen LogP contribution in [-0.4, -0.2) is 41.9 Å². The highest BCUT2D eigenvalue weighted by Crippen LogP contribution is 2.23. The van der Waals surface area contributed by atoms with E-state index in [1.54, 1.807) is 19.3 Å². The molecule has 1 N–H and O–H groups in total. The van der Waals surface area contributed by atoms with Crippen LogP contribution in [0.4, 0.5) is 11.4 Å².